The Morgan fingerprint density at radius 2 is 2.31 bits per heavy atom. The fourth-order valence-electron chi connectivity index (χ4n) is 1.67. The fraction of sp³-hybridized carbons (Fsp3) is 0.182. The Kier molecular flexibility index (Phi) is 2.85. The number of nitrogens with two attached hydrogens (primary N) is 1. The van der Waals surface area contributed by atoms with Crippen LogP contribution in [0.5, 0.6) is 0 Å². The average molecular weight is 239 g/mol. The number of hydrogen-bond donors (Lipinski definition) is 3. The standard InChI is InChI=1S/C11H11ClN2O2/c12-8-3-1-2-7-6(5-14-10(7)8)4-9(13)11(15)16/h1-3,5,9,14H,4,13H2,(H,15,16)/t9-/m1/s1. The van der Waals surface area contributed by atoms with E-state index in [9.17, 15) is 4.79 Å². The molecular weight excluding hydrogens is 228 g/mol. The molecule has 16 heavy (non-hydrogen) atoms. The molecule has 0 aliphatic carbocycles. The fourth-order valence-corrected chi connectivity index (χ4v) is 1.90. The minimum absolute atomic E-state index is 0.287. The second kappa shape index (κ2) is 4.15. The number of H-pyrrole nitrogens is 1. The Morgan fingerprint density at radius 3 is 3.00 bits per heavy atom. The first-order chi connectivity index (χ1) is 7.59. The molecule has 84 valence electrons. The normalized spacial score (nSPS) is 12.9. The molecule has 0 radical (unpaired) electrons. The predicted octanol–water partition coefficient (Wildman–Crippen LogP) is 1.78. The molecule has 2 rings (SSSR count). The number of carbonyl (C=O) groups is 1. The number of benzene rings is 1. The number of nitrogens with one attached hydrogen (secondary N) is 1. The second-order valence-corrected chi connectivity index (χ2v) is 4.03. The second-order valence-electron chi connectivity index (χ2n) is 3.63. The zero-order chi connectivity index (χ0) is 11.7. The van der Waals surface area contributed by atoms with Gasteiger partial charge in [0.2, 0.25) is 0 Å². The lowest BCUT2D eigenvalue weighted by atomic mass is 10.1. The van der Waals surface area contributed by atoms with E-state index in [-0.39, 0.29) is 6.42 Å². The van der Waals surface area contributed by atoms with Crippen LogP contribution in [0.2, 0.25) is 5.02 Å². The molecule has 0 unspecified atom stereocenters. The Bertz CT molecular complexity index is 536. The minimum Gasteiger partial charge on any atom is -0.480 e. The van der Waals surface area contributed by atoms with Crippen LogP contribution < -0.4 is 5.73 Å². The van der Waals surface area contributed by atoms with Gasteiger partial charge in [0.15, 0.2) is 0 Å². The van der Waals surface area contributed by atoms with E-state index in [4.69, 9.17) is 22.4 Å². The molecule has 0 aliphatic heterocycles. The third-order valence-corrected chi connectivity index (χ3v) is 2.82. The van der Waals surface area contributed by atoms with Crippen LogP contribution in [0.15, 0.2) is 24.4 Å². The van der Waals surface area contributed by atoms with Crippen molar-refractivity contribution < 1.29 is 9.90 Å². The zero-order valence-electron chi connectivity index (χ0n) is 8.40. The summed E-state index contributed by atoms with van der Waals surface area (Å²) < 4.78 is 0. The Labute approximate surface area is 97.0 Å². The van der Waals surface area contributed by atoms with Crippen molar-refractivity contribution in [3.8, 4) is 0 Å². The third-order valence-electron chi connectivity index (χ3n) is 2.51. The van der Waals surface area contributed by atoms with Crippen LogP contribution in [0.4, 0.5) is 0 Å². The molecule has 5 heteroatoms. The molecule has 2 aromatic rings. The number of rotatable bonds is 3. The lowest BCUT2D eigenvalue weighted by Gasteiger charge is -2.04. The maximum Gasteiger partial charge on any atom is 0.320 e. The topological polar surface area (TPSA) is 79.1 Å². The molecule has 0 bridgehead atoms. The smallest absolute Gasteiger partial charge is 0.320 e. The van der Waals surface area contributed by atoms with Crippen molar-refractivity contribution in [1.82, 2.24) is 4.98 Å². The van der Waals surface area contributed by atoms with Crippen molar-refractivity contribution in [1.29, 1.82) is 0 Å². The van der Waals surface area contributed by atoms with Crippen LogP contribution in [0.3, 0.4) is 0 Å². The van der Waals surface area contributed by atoms with E-state index in [0.29, 0.717) is 5.02 Å². The number of aromatic nitrogens is 1. The van der Waals surface area contributed by atoms with Crippen molar-refractivity contribution >= 4 is 28.5 Å². The van der Waals surface area contributed by atoms with Crippen LogP contribution in [-0.4, -0.2) is 22.1 Å². The highest BCUT2D eigenvalue weighted by Crippen LogP contribution is 2.25. The molecule has 1 aromatic heterocycles. The zero-order valence-corrected chi connectivity index (χ0v) is 9.16. The maximum atomic E-state index is 10.7. The van der Waals surface area contributed by atoms with Crippen molar-refractivity contribution in [3.05, 3.63) is 35.0 Å². The molecule has 0 aliphatic rings. The first-order valence-electron chi connectivity index (χ1n) is 4.82. The number of fused-ring (bicyclic) bond motifs is 1. The van der Waals surface area contributed by atoms with Gasteiger partial charge in [-0.3, -0.25) is 4.79 Å². The number of hydrogen-bond acceptors (Lipinski definition) is 2. The number of aliphatic carboxylic acids is 1. The van der Waals surface area contributed by atoms with Gasteiger partial charge in [0, 0.05) is 18.0 Å². The summed E-state index contributed by atoms with van der Waals surface area (Å²) in [5.74, 6) is -1.00. The molecule has 0 saturated heterocycles. The van der Waals surface area contributed by atoms with Crippen LogP contribution in [0.25, 0.3) is 10.9 Å². The van der Waals surface area contributed by atoms with E-state index in [0.717, 1.165) is 16.5 Å². The number of carboxylic acids is 1. The summed E-state index contributed by atoms with van der Waals surface area (Å²) in [5.41, 5.74) is 7.17. The average Bonchev–Trinajstić information content (AvgIpc) is 2.63. The van der Waals surface area contributed by atoms with Crippen LogP contribution >= 0.6 is 11.6 Å². The molecule has 1 heterocycles. The van der Waals surface area contributed by atoms with Crippen LogP contribution in [-0.2, 0) is 11.2 Å². The van der Waals surface area contributed by atoms with Crippen molar-refractivity contribution in [2.24, 2.45) is 5.73 Å². The van der Waals surface area contributed by atoms with Crippen molar-refractivity contribution in [2.75, 3.05) is 0 Å². The van der Waals surface area contributed by atoms with Gasteiger partial charge in [-0.05, 0) is 11.6 Å². The summed E-state index contributed by atoms with van der Waals surface area (Å²) in [5, 5.41) is 10.3. The first kappa shape index (κ1) is 11.0. The summed E-state index contributed by atoms with van der Waals surface area (Å²) in [6.07, 6.45) is 2.04. The van der Waals surface area contributed by atoms with Crippen LogP contribution in [0.1, 0.15) is 5.56 Å². The van der Waals surface area contributed by atoms with Gasteiger partial charge in [-0.1, -0.05) is 23.7 Å². The molecule has 0 fully saturated rings. The number of carboxylic acid groups (broad SMARTS) is 1. The lowest BCUT2D eigenvalue weighted by Crippen LogP contribution is -2.32. The van der Waals surface area contributed by atoms with Gasteiger partial charge >= 0.3 is 5.97 Å². The molecule has 0 amide bonds. The number of para-hydroxylation sites is 1. The Balaban J connectivity index is 2.39. The van der Waals surface area contributed by atoms with E-state index in [1.165, 1.54) is 0 Å². The number of halogens is 1. The van der Waals surface area contributed by atoms with Crippen molar-refractivity contribution in [2.45, 2.75) is 12.5 Å². The lowest BCUT2D eigenvalue weighted by molar-refractivity contribution is -0.138. The van der Waals surface area contributed by atoms with E-state index in [1.807, 2.05) is 12.1 Å². The van der Waals surface area contributed by atoms with E-state index >= 15 is 0 Å². The molecule has 1 aromatic carbocycles. The quantitative estimate of drug-likeness (QED) is 0.763. The predicted molar refractivity (Wildman–Crippen MR) is 62.6 cm³/mol. The molecule has 0 saturated carbocycles. The van der Waals surface area contributed by atoms with Gasteiger partial charge in [0.1, 0.15) is 6.04 Å². The highest BCUT2D eigenvalue weighted by Gasteiger charge is 2.15. The first-order valence-corrected chi connectivity index (χ1v) is 5.20. The van der Waals surface area contributed by atoms with Gasteiger partial charge in [0.05, 0.1) is 10.5 Å². The summed E-state index contributed by atoms with van der Waals surface area (Å²) in [4.78, 5) is 13.7. The van der Waals surface area contributed by atoms with E-state index < -0.39 is 12.0 Å². The number of aromatic amines is 1. The van der Waals surface area contributed by atoms with Crippen molar-refractivity contribution in [3.63, 3.8) is 0 Å². The van der Waals surface area contributed by atoms with Gasteiger partial charge in [-0.25, -0.2) is 0 Å². The summed E-state index contributed by atoms with van der Waals surface area (Å²) in [6.45, 7) is 0. The van der Waals surface area contributed by atoms with Gasteiger partial charge < -0.3 is 15.8 Å². The SMILES string of the molecule is N[C@H](Cc1c[nH]c2c(Cl)cccc12)C(=O)O. The molecule has 0 spiro atoms. The van der Waals surface area contributed by atoms with Gasteiger partial charge in [0.25, 0.3) is 0 Å². The van der Waals surface area contributed by atoms with E-state index in [1.54, 1.807) is 12.3 Å². The molecule has 1 atom stereocenters. The molecule has 4 N–H and O–H groups in total. The van der Waals surface area contributed by atoms with E-state index in [2.05, 4.69) is 4.98 Å². The highest BCUT2D eigenvalue weighted by molar-refractivity contribution is 6.35. The molecule has 4 nitrogen and oxygen atoms in total. The Hall–Kier alpha value is -1.52. The highest BCUT2D eigenvalue weighted by atomic mass is 35.5. The Morgan fingerprint density at radius 1 is 1.56 bits per heavy atom. The summed E-state index contributed by atoms with van der Waals surface area (Å²) in [7, 11) is 0. The van der Waals surface area contributed by atoms with Crippen LogP contribution in [0, 0.1) is 0 Å². The maximum absolute atomic E-state index is 10.7. The summed E-state index contributed by atoms with van der Waals surface area (Å²) >= 11 is 5.99. The summed E-state index contributed by atoms with van der Waals surface area (Å²) in [6, 6.07) is 4.61. The van der Waals surface area contributed by atoms with Gasteiger partial charge in [-0.15, -0.1) is 0 Å². The largest absolute Gasteiger partial charge is 0.480 e. The monoisotopic (exact) mass is 238 g/mol. The third kappa shape index (κ3) is 1.89. The minimum atomic E-state index is -1.00. The molecular formula is C11H11ClN2O2. The van der Waals surface area contributed by atoms with Gasteiger partial charge in [-0.2, -0.15) is 0 Å².